The smallest absolute Gasteiger partial charge is 0.266 e. The Morgan fingerprint density at radius 1 is 0.923 bits per heavy atom. The van der Waals surface area contributed by atoms with E-state index in [-0.39, 0.29) is 11.5 Å². The molecule has 1 aromatic heterocycles. The Balaban J connectivity index is 1.68. The maximum Gasteiger partial charge on any atom is 0.266 e. The first-order valence-electron chi connectivity index (χ1n) is 13.2. The average molecular weight is 581 g/mol. The molecule has 5 nitrogen and oxygen atoms in total. The topological polar surface area (TPSA) is 55.2 Å². The van der Waals surface area contributed by atoms with Crippen LogP contribution in [-0.4, -0.2) is 26.9 Å². The summed E-state index contributed by atoms with van der Waals surface area (Å²) in [6.45, 7) is 4.52. The summed E-state index contributed by atoms with van der Waals surface area (Å²) in [4.78, 5) is 35.0. The van der Waals surface area contributed by atoms with Crippen molar-refractivity contribution >= 4 is 32.7 Å². The number of carbonyl (C=O) groups excluding carboxylic acids is 1. The van der Waals surface area contributed by atoms with Crippen LogP contribution in [0.4, 0.5) is 0 Å². The number of amides is 1. The maximum absolute atomic E-state index is 14.1. The lowest BCUT2D eigenvalue weighted by atomic mass is 10.1. The first-order chi connectivity index (χ1) is 19.0. The van der Waals surface area contributed by atoms with Crippen molar-refractivity contribution < 1.29 is 4.79 Å². The van der Waals surface area contributed by atoms with E-state index in [1.165, 1.54) is 0 Å². The third-order valence-corrected chi connectivity index (χ3v) is 7.49. The number of aromatic nitrogens is 2. The number of aryl methyl sites for hydroxylation is 1. The highest BCUT2D eigenvalue weighted by atomic mass is 79.9. The molecule has 0 saturated carbocycles. The molecule has 0 aliphatic carbocycles. The van der Waals surface area contributed by atoms with Crippen LogP contribution in [0.15, 0.2) is 112 Å². The van der Waals surface area contributed by atoms with E-state index in [0.717, 1.165) is 21.3 Å². The van der Waals surface area contributed by atoms with Crippen LogP contribution in [0.25, 0.3) is 16.6 Å². The number of hydrogen-bond donors (Lipinski definition) is 0. The van der Waals surface area contributed by atoms with Crippen molar-refractivity contribution in [2.75, 3.05) is 6.54 Å². The summed E-state index contributed by atoms with van der Waals surface area (Å²) in [5.41, 5.74) is 4.00. The van der Waals surface area contributed by atoms with Gasteiger partial charge in [0.05, 0.1) is 22.6 Å². The van der Waals surface area contributed by atoms with Gasteiger partial charge in [-0.1, -0.05) is 77.5 Å². The zero-order chi connectivity index (χ0) is 27.4. The normalized spacial score (nSPS) is 11.9. The van der Waals surface area contributed by atoms with E-state index in [1.54, 1.807) is 4.57 Å². The molecule has 1 heterocycles. The van der Waals surface area contributed by atoms with Crippen molar-refractivity contribution in [3.8, 4) is 5.69 Å². The molecule has 1 unspecified atom stereocenters. The Kier molecular flexibility index (Phi) is 8.03. The molecule has 0 aliphatic rings. The number of carbonyl (C=O) groups is 1. The summed E-state index contributed by atoms with van der Waals surface area (Å²) in [5.74, 6) is 0.466. The third kappa shape index (κ3) is 5.71. The molecular weight excluding hydrogens is 550 g/mol. The predicted molar refractivity (Wildman–Crippen MR) is 160 cm³/mol. The molecule has 0 saturated heterocycles. The molecule has 0 fully saturated rings. The monoisotopic (exact) mass is 579 g/mol. The molecule has 4 aromatic carbocycles. The molecule has 1 amide bonds. The Morgan fingerprint density at radius 3 is 2.36 bits per heavy atom. The Bertz CT molecular complexity index is 1660. The van der Waals surface area contributed by atoms with Gasteiger partial charge in [-0.05, 0) is 79.4 Å². The van der Waals surface area contributed by atoms with Gasteiger partial charge in [0.2, 0.25) is 0 Å². The number of hydrogen-bond acceptors (Lipinski definition) is 3. The molecule has 0 radical (unpaired) electrons. The van der Waals surface area contributed by atoms with Crippen LogP contribution in [0.1, 0.15) is 46.7 Å². The second-order valence-electron chi connectivity index (χ2n) is 9.63. The van der Waals surface area contributed by atoms with Crippen molar-refractivity contribution in [1.29, 1.82) is 0 Å². The van der Waals surface area contributed by atoms with Gasteiger partial charge in [-0.15, -0.1) is 0 Å². The minimum atomic E-state index is -0.428. The Hall–Kier alpha value is -4.03. The van der Waals surface area contributed by atoms with E-state index in [1.807, 2.05) is 110 Å². The standard InChI is InChI=1S/C33H30BrN3O2/c1-3-30(36(21-20-24-11-5-4-6-12-24)32(38)25-16-18-26(34)19-17-25)31-35-29-15-8-7-14-28(29)33(39)37(31)27-13-9-10-23(2)22-27/h4-19,22,30H,3,20-21H2,1-2H3. The maximum atomic E-state index is 14.1. The van der Waals surface area contributed by atoms with Crippen molar-refractivity contribution in [1.82, 2.24) is 14.5 Å². The van der Waals surface area contributed by atoms with E-state index < -0.39 is 6.04 Å². The van der Waals surface area contributed by atoms with Gasteiger partial charge in [0, 0.05) is 16.6 Å². The van der Waals surface area contributed by atoms with Crippen LogP contribution in [0.3, 0.4) is 0 Å². The fourth-order valence-electron chi connectivity index (χ4n) is 4.98. The van der Waals surface area contributed by atoms with Gasteiger partial charge in [-0.3, -0.25) is 14.2 Å². The number of benzene rings is 4. The number of para-hydroxylation sites is 1. The molecule has 39 heavy (non-hydrogen) atoms. The van der Waals surface area contributed by atoms with Gasteiger partial charge in [0.25, 0.3) is 11.5 Å². The highest BCUT2D eigenvalue weighted by Gasteiger charge is 2.29. The molecule has 5 aromatic rings. The van der Waals surface area contributed by atoms with Gasteiger partial charge in [-0.2, -0.15) is 0 Å². The van der Waals surface area contributed by atoms with Crippen molar-refractivity contribution in [2.45, 2.75) is 32.7 Å². The Labute approximate surface area is 236 Å². The molecule has 0 N–H and O–H groups in total. The average Bonchev–Trinajstić information content (AvgIpc) is 2.96. The van der Waals surface area contributed by atoms with Crippen LogP contribution in [0.2, 0.25) is 0 Å². The second kappa shape index (κ2) is 11.8. The van der Waals surface area contributed by atoms with Gasteiger partial charge in [0.1, 0.15) is 5.82 Å². The van der Waals surface area contributed by atoms with Crippen molar-refractivity contribution in [3.63, 3.8) is 0 Å². The summed E-state index contributed by atoms with van der Waals surface area (Å²) < 4.78 is 2.60. The van der Waals surface area contributed by atoms with Gasteiger partial charge in [-0.25, -0.2) is 4.98 Å². The van der Waals surface area contributed by atoms with E-state index in [4.69, 9.17) is 4.98 Å². The molecule has 6 heteroatoms. The van der Waals surface area contributed by atoms with Gasteiger partial charge >= 0.3 is 0 Å². The molecule has 0 aliphatic heterocycles. The molecule has 0 spiro atoms. The Morgan fingerprint density at radius 2 is 1.64 bits per heavy atom. The van der Waals surface area contributed by atoms with Crippen molar-refractivity contribution in [2.24, 2.45) is 0 Å². The van der Waals surface area contributed by atoms with Crippen LogP contribution in [-0.2, 0) is 6.42 Å². The first-order valence-corrected chi connectivity index (χ1v) is 13.9. The minimum Gasteiger partial charge on any atom is -0.328 e. The SMILES string of the molecule is CCC(c1nc2ccccc2c(=O)n1-c1cccc(C)c1)N(CCc1ccccc1)C(=O)c1ccc(Br)cc1. The molecule has 0 bridgehead atoms. The fraction of sp³-hybridized carbons (Fsp3) is 0.182. The minimum absolute atomic E-state index is 0.0940. The van der Waals surface area contributed by atoms with Crippen LogP contribution < -0.4 is 5.56 Å². The molecule has 1 atom stereocenters. The van der Waals surface area contributed by atoms with E-state index in [0.29, 0.717) is 41.7 Å². The highest BCUT2D eigenvalue weighted by Crippen LogP contribution is 2.28. The van der Waals surface area contributed by atoms with Crippen LogP contribution in [0, 0.1) is 6.92 Å². The fourth-order valence-corrected chi connectivity index (χ4v) is 5.25. The molecule has 5 rings (SSSR count). The lowest BCUT2D eigenvalue weighted by Gasteiger charge is -2.32. The number of rotatable bonds is 8. The zero-order valence-corrected chi connectivity index (χ0v) is 23.6. The molecule has 196 valence electrons. The van der Waals surface area contributed by atoms with Gasteiger partial charge in [0.15, 0.2) is 0 Å². The number of halogens is 1. The quantitative estimate of drug-likeness (QED) is 0.194. The number of nitrogens with zero attached hydrogens (tertiary/aromatic N) is 3. The summed E-state index contributed by atoms with van der Waals surface area (Å²) in [7, 11) is 0. The zero-order valence-electron chi connectivity index (χ0n) is 22.0. The summed E-state index contributed by atoms with van der Waals surface area (Å²) in [6.07, 6.45) is 1.27. The van der Waals surface area contributed by atoms with Crippen LogP contribution in [0.5, 0.6) is 0 Å². The number of fused-ring (bicyclic) bond motifs is 1. The highest BCUT2D eigenvalue weighted by molar-refractivity contribution is 9.10. The lowest BCUT2D eigenvalue weighted by molar-refractivity contribution is 0.0662. The summed E-state index contributed by atoms with van der Waals surface area (Å²) in [5, 5.41) is 0.549. The van der Waals surface area contributed by atoms with Gasteiger partial charge < -0.3 is 4.90 Å². The predicted octanol–water partition coefficient (Wildman–Crippen LogP) is 7.29. The van der Waals surface area contributed by atoms with Crippen LogP contribution >= 0.6 is 15.9 Å². The van der Waals surface area contributed by atoms with E-state index >= 15 is 0 Å². The van der Waals surface area contributed by atoms with E-state index in [2.05, 4.69) is 28.1 Å². The second-order valence-corrected chi connectivity index (χ2v) is 10.5. The van der Waals surface area contributed by atoms with Crippen molar-refractivity contribution in [3.05, 3.63) is 140 Å². The first kappa shape index (κ1) is 26.6. The lowest BCUT2D eigenvalue weighted by Crippen LogP contribution is -2.39. The third-order valence-electron chi connectivity index (χ3n) is 6.96. The summed E-state index contributed by atoms with van der Waals surface area (Å²) in [6, 6.07) is 32.4. The summed E-state index contributed by atoms with van der Waals surface area (Å²) >= 11 is 3.47. The largest absolute Gasteiger partial charge is 0.328 e. The molecular formula is C33H30BrN3O2. The van der Waals surface area contributed by atoms with E-state index in [9.17, 15) is 9.59 Å².